The first-order valence-corrected chi connectivity index (χ1v) is 8.56. The van der Waals surface area contributed by atoms with Gasteiger partial charge >= 0.3 is 13.3 Å². The van der Waals surface area contributed by atoms with Crippen LogP contribution < -0.4 is 5.46 Å². The molecule has 0 aliphatic carbocycles. The molecule has 3 heterocycles. The number of aromatic nitrogens is 1. The molecule has 4 nitrogen and oxygen atoms in total. The van der Waals surface area contributed by atoms with Crippen molar-refractivity contribution >= 4 is 12.6 Å². The standard InChI is InChI=1S/C17H23BF3NO3/c1-15(2)16(3,4)25-18(24-15)11-9-12(13-7-5-6-8-23-13)22-14(10-11)17(19,20)21/h9-10,13H,5-8H2,1-4H3. The smallest absolute Gasteiger partial charge is 0.399 e. The molecule has 0 radical (unpaired) electrons. The number of rotatable bonds is 2. The molecular formula is C17H23BF3NO3. The number of hydrogen-bond donors (Lipinski definition) is 0. The van der Waals surface area contributed by atoms with Gasteiger partial charge in [-0.1, -0.05) is 0 Å². The maximum atomic E-state index is 13.3. The van der Waals surface area contributed by atoms with Crippen LogP contribution in [-0.4, -0.2) is 29.9 Å². The van der Waals surface area contributed by atoms with E-state index in [1.54, 1.807) is 6.07 Å². The van der Waals surface area contributed by atoms with Crippen molar-refractivity contribution in [3.63, 3.8) is 0 Å². The Hall–Kier alpha value is -1.12. The molecule has 138 valence electrons. The topological polar surface area (TPSA) is 40.6 Å². The average molecular weight is 357 g/mol. The summed E-state index contributed by atoms with van der Waals surface area (Å²) in [5, 5.41) is 0. The van der Waals surface area contributed by atoms with E-state index in [0.29, 0.717) is 24.2 Å². The highest BCUT2D eigenvalue weighted by Crippen LogP contribution is 2.37. The van der Waals surface area contributed by atoms with E-state index in [1.807, 2.05) is 27.7 Å². The predicted octanol–water partition coefficient (Wildman–Crippen LogP) is 3.64. The highest BCUT2D eigenvalue weighted by atomic mass is 19.4. The minimum Gasteiger partial charge on any atom is -0.399 e. The Balaban J connectivity index is 1.98. The molecule has 0 spiro atoms. The SMILES string of the molecule is CC1(C)OB(c2cc(C3CCCCO3)nc(C(F)(F)F)c2)OC1(C)C. The van der Waals surface area contributed by atoms with Crippen molar-refractivity contribution in [3.8, 4) is 0 Å². The van der Waals surface area contributed by atoms with Gasteiger partial charge in [0.1, 0.15) is 5.69 Å². The van der Waals surface area contributed by atoms with Gasteiger partial charge in [0, 0.05) is 6.61 Å². The third-order valence-electron chi connectivity index (χ3n) is 5.19. The molecule has 1 aromatic rings. The van der Waals surface area contributed by atoms with E-state index >= 15 is 0 Å². The summed E-state index contributed by atoms with van der Waals surface area (Å²) in [5.41, 5.74) is -1.57. The molecule has 0 amide bonds. The van der Waals surface area contributed by atoms with Gasteiger partial charge in [-0.25, -0.2) is 4.98 Å². The average Bonchev–Trinajstić information content (AvgIpc) is 2.75. The first kappa shape index (κ1) is 18.7. The third kappa shape index (κ3) is 3.71. The molecule has 8 heteroatoms. The van der Waals surface area contributed by atoms with Crippen LogP contribution in [0, 0.1) is 0 Å². The van der Waals surface area contributed by atoms with Crippen molar-refractivity contribution in [2.45, 2.75) is 70.4 Å². The summed E-state index contributed by atoms with van der Waals surface area (Å²) in [7, 11) is -0.864. The Bertz CT molecular complexity index is 627. The summed E-state index contributed by atoms with van der Waals surface area (Å²) < 4.78 is 57.4. The van der Waals surface area contributed by atoms with Gasteiger partial charge in [0.05, 0.1) is 23.0 Å². The molecule has 0 bridgehead atoms. The molecular weight excluding hydrogens is 334 g/mol. The monoisotopic (exact) mass is 357 g/mol. The number of ether oxygens (including phenoxy) is 1. The Morgan fingerprint density at radius 1 is 1.08 bits per heavy atom. The number of pyridine rings is 1. The molecule has 1 aromatic heterocycles. The van der Waals surface area contributed by atoms with E-state index < -0.39 is 36.3 Å². The lowest BCUT2D eigenvalue weighted by Crippen LogP contribution is -2.41. The number of halogens is 3. The van der Waals surface area contributed by atoms with Crippen LogP contribution in [-0.2, 0) is 20.2 Å². The molecule has 0 N–H and O–H groups in total. The minimum atomic E-state index is -4.54. The van der Waals surface area contributed by atoms with Crippen molar-refractivity contribution in [3.05, 3.63) is 23.5 Å². The van der Waals surface area contributed by atoms with E-state index in [0.717, 1.165) is 18.9 Å². The zero-order valence-electron chi connectivity index (χ0n) is 14.9. The van der Waals surface area contributed by atoms with Gasteiger partial charge in [0.15, 0.2) is 0 Å². The van der Waals surface area contributed by atoms with E-state index in [9.17, 15) is 13.2 Å². The lowest BCUT2D eigenvalue weighted by Gasteiger charge is -2.32. The zero-order chi connectivity index (χ0) is 18.5. The van der Waals surface area contributed by atoms with Crippen LogP contribution in [0.3, 0.4) is 0 Å². The summed E-state index contributed by atoms with van der Waals surface area (Å²) in [6.45, 7) is 8.00. The van der Waals surface area contributed by atoms with Crippen molar-refractivity contribution in [2.75, 3.05) is 6.61 Å². The van der Waals surface area contributed by atoms with Crippen LogP contribution in [0.4, 0.5) is 13.2 Å². The summed E-state index contributed by atoms with van der Waals surface area (Å²) >= 11 is 0. The molecule has 0 aromatic carbocycles. The Kier molecular flexibility index (Phi) is 4.67. The van der Waals surface area contributed by atoms with Crippen LogP contribution >= 0.6 is 0 Å². The quantitative estimate of drug-likeness (QED) is 0.758. The van der Waals surface area contributed by atoms with Crippen LogP contribution in [0.1, 0.15) is 64.4 Å². The van der Waals surface area contributed by atoms with Crippen molar-refractivity contribution in [2.24, 2.45) is 0 Å². The summed E-state index contributed by atoms with van der Waals surface area (Å²) in [4.78, 5) is 3.81. The van der Waals surface area contributed by atoms with Crippen molar-refractivity contribution in [1.82, 2.24) is 4.98 Å². The number of alkyl halides is 3. The molecule has 1 atom stereocenters. The second kappa shape index (κ2) is 6.25. The summed E-state index contributed by atoms with van der Waals surface area (Å²) in [6, 6.07) is 2.63. The lowest BCUT2D eigenvalue weighted by atomic mass is 9.78. The summed E-state index contributed by atoms with van der Waals surface area (Å²) in [5.74, 6) is 0. The molecule has 0 saturated carbocycles. The van der Waals surface area contributed by atoms with E-state index in [2.05, 4.69) is 4.98 Å². The van der Waals surface area contributed by atoms with Gasteiger partial charge in [-0.15, -0.1) is 0 Å². The van der Waals surface area contributed by atoms with E-state index in [1.165, 1.54) is 0 Å². The first-order valence-electron chi connectivity index (χ1n) is 8.56. The molecule has 1 unspecified atom stereocenters. The molecule has 2 saturated heterocycles. The van der Waals surface area contributed by atoms with Crippen LogP contribution in [0.25, 0.3) is 0 Å². The second-order valence-electron chi connectivity index (χ2n) is 7.65. The molecule has 2 aliphatic heterocycles. The predicted molar refractivity (Wildman–Crippen MR) is 87.5 cm³/mol. The van der Waals surface area contributed by atoms with Gasteiger partial charge in [-0.05, 0) is 64.6 Å². The fraction of sp³-hybridized carbons (Fsp3) is 0.706. The highest BCUT2D eigenvalue weighted by molar-refractivity contribution is 6.62. The van der Waals surface area contributed by atoms with Crippen LogP contribution in [0.15, 0.2) is 12.1 Å². The van der Waals surface area contributed by atoms with Gasteiger partial charge in [-0.2, -0.15) is 13.2 Å². The molecule has 2 fully saturated rings. The van der Waals surface area contributed by atoms with Gasteiger partial charge < -0.3 is 14.0 Å². The third-order valence-corrected chi connectivity index (χ3v) is 5.19. The number of nitrogens with zero attached hydrogens (tertiary/aromatic N) is 1. The van der Waals surface area contributed by atoms with E-state index in [4.69, 9.17) is 14.0 Å². The van der Waals surface area contributed by atoms with Crippen LogP contribution in [0.2, 0.25) is 0 Å². The highest BCUT2D eigenvalue weighted by Gasteiger charge is 2.52. The lowest BCUT2D eigenvalue weighted by molar-refractivity contribution is -0.141. The zero-order valence-corrected chi connectivity index (χ0v) is 14.9. The Labute approximate surface area is 146 Å². The van der Waals surface area contributed by atoms with Gasteiger partial charge in [-0.3, -0.25) is 0 Å². The van der Waals surface area contributed by atoms with Gasteiger partial charge in [0.25, 0.3) is 0 Å². The normalized spacial score (nSPS) is 26.0. The Morgan fingerprint density at radius 3 is 2.24 bits per heavy atom. The van der Waals surface area contributed by atoms with E-state index in [-0.39, 0.29) is 0 Å². The minimum absolute atomic E-state index is 0.291. The second-order valence-corrected chi connectivity index (χ2v) is 7.65. The summed E-state index contributed by atoms with van der Waals surface area (Å²) in [6.07, 6.45) is -2.47. The first-order chi connectivity index (χ1) is 11.5. The fourth-order valence-electron chi connectivity index (χ4n) is 2.97. The maximum Gasteiger partial charge on any atom is 0.494 e. The molecule has 25 heavy (non-hydrogen) atoms. The Morgan fingerprint density at radius 2 is 1.72 bits per heavy atom. The molecule has 3 rings (SSSR count). The van der Waals surface area contributed by atoms with Crippen molar-refractivity contribution in [1.29, 1.82) is 0 Å². The van der Waals surface area contributed by atoms with Crippen LogP contribution in [0.5, 0.6) is 0 Å². The number of hydrogen-bond acceptors (Lipinski definition) is 4. The van der Waals surface area contributed by atoms with Gasteiger partial charge in [0.2, 0.25) is 0 Å². The maximum absolute atomic E-state index is 13.3. The largest absolute Gasteiger partial charge is 0.494 e. The van der Waals surface area contributed by atoms with Crippen molar-refractivity contribution < 1.29 is 27.2 Å². The fourth-order valence-corrected chi connectivity index (χ4v) is 2.97. The molecule has 2 aliphatic rings.